The van der Waals surface area contributed by atoms with Crippen LogP contribution in [0.4, 0.5) is 4.39 Å². The molecule has 0 fully saturated rings. The fraction of sp³-hybridized carbons (Fsp3) is 0.200. The minimum absolute atomic E-state index is 0.191. The summed E-state index contributed by atoms with van der Waals surface area (Å²) < 4.78 is 19.3. The van der Waals surface area contributed by atoms with Crippen molar-refractivity contribution in [3.8, 4) is 5.75 Å². The van der Waals surface area contributed by atoms with Crippen LogP contribution in [0.3, 0.4) is 0 Å². The lowest BCUT2D eigenvalue weighted by Gasteiger charge is -2.07. The lowest BCUT2D eigenvalue weighted by atomic mass is 10.1. The first kappa shape index (κ1) is 13.1. The van der Waals surface area contributed by atoms with Gasteiger partial charge in [0, 0.05) is 0 Å². The molecule has 0 aromatic heterocycles. The van der Waals surface area contributed by atoms with Gasteiger partial charge in [-0.1, -0.05) is 24.3 Å². The van der Waals surface area contributed by atoms with Crippen molar-refractivity contribution in [3.05, 3.63) is 64.4 Å². The largest absolute Gasteiger partial charge is 0.492 e. The SMILES string of the molecule is Fc1ccc(CCCOc2ccccc2Br)cc1. The van der Waals surface area contributed by atoms with Gasteiger partial charge in [-0.25, -0.2) is 4.39 Å². The summed E-state index contributed by atoms with van der Waals surface area (Å²) in [4.78, 5) is 0. The third kappa shape index (κ3) is 3.84. The predicted octanol–water partition coefficient (Wildman–Crippen LogP) is 4.60. The Morgan fingerprint density at radius 1 is 1.00 bits per heavy atom. The second-order valence-electron chi connectivity index (χ2n) is 4.01. The third-order valence-electron chi connectivity index (χ3n) is 2.62. The molecule has 0 aliphatic rings. The molecule has 2 aromatic rings. The van der Waals surface area contributed by atoms with E-state index in [1.165, 1.54) is 12.1 Å². The Labute approximate surface area is 115 Å². The maximum absolute atomic E-state index is 12.7. The van der Waals surface area contributed by atoms with Crippen molar-refractivity contribution in [2.24, 2.45) is 0 Å². The van der Waals surface area contributed by atoms with Gasteiger partial charge in [0.2, 0.25) is 0 Å². The van der Waals surface area contributed by atoms with Gasteiger partial charge in [0.1, 0.15) is 11.6 Å². The molecule has 18 heavy (non-hydrogen) atoms. The lowest BCUT2D eigenvalue weighted by Crippen LogP contribution is -1.99. The molecule has 0 aliphatic carbocycles. The highest BCUT2D eigenvalue weighted by Crippen LogP contribution is 2.23. The molecule has 0 radical (unpaired) electrons. The lowest BCUT2D eigenvalue weighted by molar-refractivity contribution is 0.309. The molecule has 0 aliphatic heterocycles. The Hall–Kier alpha value is -1.35. The number of ether oxygens (including phenoxy) is 1. The van der Waals surface area contributed by atoms with Gasteiger partial charge in [0.15, 0.2) is 0 Å². The summed E-state index contributed by atoms with van der Waals surface area (Å²) in [6.45, 7) is 0.653. The number of aryl methyl sites for hydroxylation is 1. The average molecular weight is 309 g/mol. The van der Waals surface area contributed by atoms with Crippen LogP contribution in [-0.2, 0) is 6.42 Å². The van der Waals surface area contributed by atoms with Gasteiger partial charge in [-0.05, 0) is 58.6 Å². The highest BCUT2D eigenvalue weighted by Gasteiger charge is 1.99. The summed E-state index contributed by atoms with van der Waals surface area (Å²) in [6, 6.07) is 14.4. The summed E-state index contributed by atoms with van der Waals surface area (Å²) in [7, 11) is 0. The maximum atomic E-state index is 12.7. The predicted molar refractivity (Wildman–Crippen MR) is 74.4 cm³/mol. The van der Waals surface area contributed by atoms with Crippen LogP contribution >= 0.6 is 15.9 Å². The molecule has 2 rings (SSSR count). The van der Waals surface area contributed by atoms with E-state index in [4.69, 9.17) is 4.74 Å². The van der Waals surface area contributed by atoms with Crippen LogP contribution in [-0.4, -0.2) is 6.61 Å². The van der Waals surface area contributed by atoms with Crippen LogP contribution in [0.1, 0.15) is 12.0 Å². The maximum Gasteiger partial charge on any atom is 0.133 e. The van der Waals surface area contributed by atoms with E-state index in [0.29, 0.717) is 6.61 Å². The molecule has 3 heteroatoms. The van der Waals surface area contributed by atoms with Gasteiger partial charge < -0.3 is 4.74 Å². The number of rotatable bonds is 5. The molecule has 0 bridgehead atoms. The molecule has 0 saturated carbocycles. The topological polar surface area (TPSA) is 9.23 Å². The second-order valence-corrected chi connectivity index (χ2v) is 4.86. The molecule has 0 atom stereocenters. The quantitative estimate of drug-likeness (QED) is 0.734. The molecule has 0 saturated heterocycles. The first-order chi connectivity index (χ1) is 8.75. The zero-order valence-corrected chi connectivity index (χ0v) is 11.5. The molecule has 94 valence electrons. The standard InChI is InChI=1S/C15H14BrFO/c16-14-5-1-2-6-15(14)18-11-3-4-12-7-9-13(17)10-8-12/h1-2,5-10H,3-4,11H2. The Kier molecular flexibility index (Phi) is 4.76. The minimum Gasteiger partial charge on any atom is -0.492 e. The van der Waals surface area contributed by atoms with Gasteiger partial charge in [-0.3, -0.25) is 0 Å². The number of benzene rings is 2. The van der Waals surface area contributed by atoms with E-state index < -0.39 is 0 Å². The molecule has 0 heterocycles. The van der Waals surface area contributed by atoms with Crippen molar-refractivity contribution in [2.75, 3.05) is 6.61 Å². The van der Waals surface area contributed by atoms with E-state index in [-0.39, 0.29) is 5.82 Å². The van der Waals surface area contributed by atoms with Crippen LogP contribution < -0.4 is 4.74 Å². The van der Waals surface area contributed by atoms with Gasteiger partial charge in [-0.15, -0.1) is 0 Å². The van der Waals surface area contributed by atoms with Crippen molar-refractivity contribution in [1.82, 2.24) is 0 Å². The van der Waals surface area contributed by atoms with Crippen molar-refractivity contribution >= 4 is 15.9 Å². The molecule has 0 spiro atoms. The van der Waals surface area contributed by atoms with E-state index in [2.05, 4.69) is 15.9 Å². The van der Waals surface area contributed by atoms with Gasteiger partial charge in [-0.2, -0.15) is 0 Å². The fourth-order valence-electron chi connectivity index (χ4n) is 1.67. The van der Waals surface area contributed by atoms with Crippen LogP contribution in [0, 0.1) is 5.82 Å². The van der Waals surface area contributed by atoms with E-state index in [1.807, 2.05) is 36.4 Å². The molecule has 0 amide bonds. The third-order valence-corrected chi connectivity index (χ3v) is 3.27. The first-order valence-electron chi connectivity index (χ1n) is 5.87. The van der Waals surface area contributed by atoms with Crippen molar-refractivity contribution in [2.45, 2.75) is 12.8 Å². The van der Waals surface area contributed by atoms with E-state index in [1.54, 1.807) is 0 Å². The molecule has 2 aromatic carbocycles. The Balaban J connectivity index is 1.76. The highest BCUT2D eigenvalue weighted by atomic mass is 79.9. The summed E-state index contributed by atoms with van der Waals surface area (Å²) in [5, 5.41) is 0. The Morgan fingerprint density at radius 3 is 2.44 bits per heavy atom. The van der Waals surface area contributed by atoms with Crippen LogP contribution in [0.2, 0.25) is 0 Å². The number of hydrogen-bond donors (Lipinski definition) is 0. The zero-order valence-electron chi connectivity index (χ0n) is 9.90. The summed E-state index contributed by atoms with van der Waals surface area (Å²) >= 11 is 3.43. The van der Waals surface area contributed by atoms with Gasteiger partial charge in [0.05, 0.1) is 11.1 Å². The van der Waals surface area contributed by atoms with Crippen LogP contribution in [0.25, 0.3) is 0 Å². The van der Waals surface area contributed by atoms with E-state index in [0.717, 1.165) is 28.6 Å². The van der Waals surface area contributed by atoms with E-state index >= 15 is 0 Å². The van der Waals surface area contributed by atoms with E-state index in [9.17, 15) is 4.39 Å². The van der Waals surface area contributed by atoms with Gasteiger partial charge in [0.25, 0.3) is 0 Å². The summed E-state index contributed by atoms with van der Waals surface area (Å²) in [6.07, 6.45) is 1.80. The fourth-order valence-corrected chi connectivity index (χ4v) is 2.07. The van der Waals surface area contributed by atoms with Crippen LogP contribution in [0.5, 0.6) is 5.75 Å². The summed E-state index contributed by atoms with van der Waals surface area (Å²) in [5.41, 5.74) is 1.13. The molecule has 0 N–H and O–H groups in total. The monoisotopic (exact) mass is 308 g/mol. The van der Waals surface area contributed by atoms with Crippen LogP contribution in [0.15, 0.2) is 53.0 Å². The molecule has 0 unspecified atom stereocenters. The number of halogens is 2. The number of para-hydroxylation sites is 1. The van der Waals surface area contributed by atoms with Crippen molar-refractivity contribution in [1.29, 1.82) is 0 Å². The smallest absolute Gasteiger partial charge is 0.133 e. The molecular weight excluding hydrogens is 295 g/mol. The molecule has 1 nitrogen and oxygen atoms in total. The van der Waals surface area contributed by atoms with Crippen molar-refractivity contribution < 1.29 is 9.13 Å². The Bertz CT molecular complexity index is 496. The Morgan fingerprint density at radius 2 is 1.72 bits per heavy atom. The minimum atomic E-state index is -0.191. The van der Waals surface area contributed by atoms with Gasteiger partial charge >= 0.3 is 0 Å². The number of hydrogen-bond acceptors (Lipinski definition) is 1. The molecular formula is C15H14BrFO. The first-order valence-corrected chi connectivity index (χ1v) is 6.67. The van der Waals surface area contributed by atoms with Crippen molar-refractivity contribution in [3.63, 3.8) is 0 Å². The normalized spacial score (nSPS) is 10.3. The second kappa shape index (κ2) is 6.55. The zero-order chi connectivity index (χ0) is 12.8. The average Bonchev–Trinajstić information content (AvgIpc) is 2.39. The summed E-state index contributed by atoms with van der Waals surface area (Å²) in [5.74, 6) is 0.667. The highest BCUT2D eigenvalue weighted by molar-refractivity contribution is 9.10.